The van der Waals surface area contributed by atoms with Gasteiger partial charge in [0.15, 0.2) is 0 Å². The van der Waals surface area contributed by atoms with Crippen LogP contribution in [0.25, 0.3) is 0 Å². The van der Waals surface area contributed by atoms with Crippen molar-refractivity contribution < 1.29 is 9.47 Å². The highest BCUT2D eigenvalue weighted by atomic mass is 16.5. The van der Waals surface area contributed by atoms with Crippen LogP contribution in [-0.4, -0.2) is 37.6 Å². The van der Waals surface area contributed by atoms with E-state index in [1.807, 2.05) is 0 Å². The summed E-state index contributed by atoms with van der Waals surface area (Å²) in [6.07, 6.45) is 49.6. The number of unbranched alkanes of at least 4 members (excludes halogenated alkanes) is 18. The first-order valence-electron chi connectivity index (χ1n) is 19.2. The molecule has 0 aromatic carbocycles. The lowest BCUT2D eigenvalue weighted by Gasteiger charge is -2.30. The van der Waals surface area contributed by atoms with Crippen LogP contribution in [0.3, 0.4) is 0 Å². The summed E-state index contributed by atoms with van der Waals surface area (Å²) in [5.41, 5.74) is 0. The molecule has 0 aromatic heterocycles. The molecule has 3 nitrogen and oxygen atoms in total. The normalized spacial score (nSPS) is 14.0. The third kappa shape index (κ3) is 32.2. The first-order chi connectivity index (χ1) is 21.6. The van der Waals surface area contributed by atoms with Crippen LogP contribution in [0.2, 0.25) is 0 Å². The molecule has 0 bridgehead atoms. The van der Waals surface area contributed by atoms with Gasteiger partial charge in [0.05, 0.1) is 0 Å². The third-order valence-electron chi connectivity index (χ3n) is 8.56. The molecule has 258 valence electrons. The van der Waals surface area contributed by atoms with Gasteiger partial charge in [0.1, 0.15) is 12.5 Å². The minimum Gasteiger partial charge on any atom is -0.363 e. The van der Waals surface area contributed by atoms with Crippen LogP contribution in [-0.2, 0) is 9.47 Å². The number of hydrogen-bond acceptors (Lipinski definition) is 3. The predicted molar refractivity (Wildman–Crippen MR) is 197 cm³/mol. The molecule has 0 aliphatic rings. The number of rotatable bonds is 34. The van der Waals surface area contributed by atoms with Gasteiger partial charge in [-0.3, -0.25) is 4.90 Å². The maximum absolute atomic E-state index is 6.10. The number of ether oxygens (including phenoxy) is 2. The minimum atomic E-state index is 0.0961. The van der Waals surface area contributed by atoms with E-state index < -0.39 is 0 Å². The van der Waals surface area contributed by atoms with E-state index in [1.165, 1.54) is 128 Å². The summed E-state index contributed by atoms with van der Waals surface area (Å²) in [7, 11) is 2.12. The second-order valence-electron chi connectivity index (χ2n) is 12.8. The topological polar surface area (TPSA) is 21.7 Å². The van der Waals surface area contributed by atoms with E-state index in [4.69, 9.17) is 9.47 Å². The van der Waals surface area contributed by atoms with Crippen LogP contribution in [0.1, 0.15) is 182 Å². The Hall–Kier alpha value is -1.16. The van der Waals surface area contributed by atoms with Crippen LogP contribution < -0.4 is 0 Å². The lowest BCUT2D eigenvalue weighted by atomic mass is 10.1. The Kier molecular flexibility index (Phi) is 35.4. The molecule has 0 amide bonds. The molecule has 0 aromatic rings. The molecule has 0 heterocycles. The molecule has 0 aliphatic heterocycles. The Morgan fingerprint density at radius 2 is 0.705 bits per heavy atom. The van der Waals surface area contributed by atoms with Crippen molar-refractivity contribution in [2.75, 3.05) is 20.3 Å². The van der Waals surface area contributed by atoms with Crippen molar-refractivity contribution in [3.8, 4) is 0 Å². The summed E-state index contributed by atoms with van der Waals surface area (Å²) in [6, 6.07) is 0. The molecule has 0 saturated carbocycles. The second-order valence-corrected chi connectivity index (χ2v) is 12.8. The fourth-order valence-electron chi connectivity index (χ4n) is 5.22. The fraction of sp³-hybridized carbons (Fsp3) is 0.805. The maximum Gasteiger partial charge on any atom is 0.109 e. The van der Waals surface area contributed by atoms with Crippen molar-refractivity contribution >= 4 is 0 Å². The zero-order valence-corrected chi connectivity index (χ0v) is 30.4. The summed E-state index contributed by atoms with van der Waals surface area (Å²) in [6.45, 7) is 10.5. The van der Waals surface area contributed by atoms with Crippen molar-refractivity contribution in [2.24, 2.45) is 0 Å². The maximum atomic E-state index is 6.10. The summed E-state index contributed by atoms with van der Waals surface area (Å²) in [5, 5.41) is 0. The molecular formula is C41H77NO2. The lowest BCUT2D eigenvalue weighted by Crippen LogP contribution is -2.40. The molecule has 0 rings (SSSR count). The lowest BCUT2D eigenvalue weighted by molar-refractivity contribution is -0.128. The summed E-state index contributed by atoms with van der Waals surface area (Å²) in [4.78, 5) is 2.21. The van der Waals surface area contributed by atoms with Gasteiger partial charge in [-0.15, -0.1) is 0 Å². The Balaban J connectivity index is 3.51. The monoisotopic (exact) mass is 616 g/mol. The average Bonchev–Trinajstić information content (AvgIpc) is 3.03. The van der Waals surface area contributed by atoms with E-state index in [-0.39, 0.29) is 12.5 Å². The molecule has 0 aliphatic carbocycles. The van der Waals surface area contributed by atoms with E-state index in [0.29, 0.717) is 0 Å². The minimum absolute atomic E-state index is 0.0961. The van der Waals surface area contributed by atoms with E-state index in [0.717, 1.165) is 38.9 Å². The molecule has 0 fully saturated rings. The van der Waals surface area contributed by atoms with Gasteiger partial charge >= 0.3 is 0 Å². The van der Waals surface area contributed by atoms with Crippen LogP contribution in [0, 0.1) is 0 Å². The molecule has 2 unspecified atom stereocenters. The van der Waals surface area contributed by atoms with Crippen molar-refractivity contribution in [1.29, 1.82) is 0 Å². The molecule has 0 radical (unpaired) electrons. The first kappa shape index (κ1) is 42.8. The van der Waals surface area contributed by atoms with Crippen LogP contribution in [0.15, 0.2) is 48.6 Å². The van der Waals surface area contributed by atoms with Crippen molar-refractivity contribution in [1.82, 2.24) is 4.90 Å². The quantitative estimate of drug-likeness (QED) is 0.0408. The average molecular weight is 616 g/mol. The Labute approximate surface area is 277 Å². The SMILES string of the molecule is CCCCC/C=C\C/C=C\CCCCCCCCOC(C)N(C)C(C)OCCCCCCCC/C=C\C/C=C\CCCCC. The second kappa shape index (κ2) is 36.3. The Morgan fingerprint density at radius 1 is 0.409 bits per heavy atom. The van der Waals surface area contributed by atoms with Gasteiger partial charge in [0.25, 0.3) is 0 Å². The van der Waals surface area contributed by atoms with Crippen molar-refractivity contribution in [3.63, 3.8) is 0 Å². The molecule has 0 saturated heterocycles. The smallest absolute Gasteiger partial charge is 0.109 e. The highest BCUT2D eigenvalue weighted by Gasteiger charge is 2.16. The molecule has 2 atom stereocenters. The highest BCUT2D eigenvalue weighted by Crippen LogP contribution is 2.12. The van der Waals surface area contributed by atoms with Gasteiger partial charge in [-0.05, 0) is 97.9 Å². The number of nitrogens with zero attached hydrogens (tertiary/aromatic N) is 1. The zero-order chi connectivity index (χ0) is 32.2. The van der Waals surface area contributed by atoms with Gasteiger partial charge in [-0.1, -0.05) is 140 Å². The summed E-state index contributed by atoms with van der Waals surface area (Å²) >= 11 is 0. The Bertz CT molecular complexity index is 612. The molecule has 0 spiro atoms. The highest BCUT2D eigenvalue weighted by molar-refractivity contribution is 4.93. The van der Waals surface area contributed by atoms with Crippen molar-refractivity contribution in [3.05, 3.63) is 48.6 Å². The Morgan fingerprint density at radius 3 is 1.05 bits per heavy atom. The largest absolute Gasteiger partial charge is 0.363 e. The molecule has 0 N–H and O–H groups in total. The molecule has 3 heteroatoms. The van der Waals surface area contributed by atoms with Crippen LogP contribution in [0.4, 0.5) is 0 Å². The zero-order valence-electron chi connectivity index (χ0n) is 30.4. The van der Waals surface area contributed by atoms with Gasteiger partial charge in [0, 0.05) is 13.2 Å². The molecular weight excluding hydrogens is 538 g/mol. The first-order valence-corrected chi connectivity index (χ1v) is 19.2. The summed E-state index contributed by atoms with van der Waals surface area (Å²) in [5.74, 6) is 0. The summed E-state index contributed by atoms with van der Waals surface area (Å²) < 4.78 is 12.2. The standard InChI is InChI=1S/C41H77NO2/c1-6-8-10-12-14-16-18-20-22-24-26-28-30-32-34-36-38-43-40(3)42(5)41(4)44-39-37-35-33-31-29-27-25-23-21-19-17-15-13-11-9-7-2/h14-17,20-23,40-41H,6-13,18-19,24-39H2,1-5H3/b16-14-,17-15-,22-20-,23-21-. The molecule has 44 heavy (non-hydrogen) atoms. The van der Waals surface area contributed by atoms with Crippen LogP contribution >= 0.6 is 0 Å². The van der Waals surface area contributed by atoms with Gasteiger partial charge < -0.3 is 9.47 Å². The van der Waals surface area contributed by atoms with Crippen LogP contribution in [0.5, 0.6) is 0 Å². The van der Waals surface area contributed by atoms with Gasteiger partial charge in [-0.25, -0.2) is 0 Å². The fourth-order valence-corrected chi connectivity index (χ4v) is 5.22. The van der Waals surface area contributed by atoms with E-state index in [2.05, 4.69) is 88.3 Å². The number of hydrogen-bond donors (Lipinski definition) is 0. The van der Waals surface area contributed by atoms with Crippen molar-refractivity contribution in [2.45, 2.75) is 194 Å². The number of allylic oxidation sites excluding steroid dienone is 8. The van der Waals surface area contributed by atoms with E-state index in [1.54, 1.807) is 0 Å². The van der Waals surface area contributed by atoms with E-state index in [9.17, 15) is 0 Å². The van der Waals surface area contributed by atoms with E-state index >= 15 is 0 Å². The van der Waals surface area contributed by atoms with Gasteiger partial charge in [0.2, 0.25) is 0 Å². The van der Waals surface area contributed by atoms with Gasteiger partial charge in [-0.2, -0.15) is 0 Å². The third-order valence-corrected chi connectivity index (χ3v) is 8.56. The predicted octanol–water partition coefficient (Wildman–Crippen LogP) is 13.3.